The highest BCUT2D eigenvalue weighted by atomic mass is 19.1. The summed E-state index contributed by atoms with van der Waals surface area (Å²) in [6, 6.07) is 6.65. The van der Waals surface area contributed by atoms with Crippen LogP contribution < -0.4 is 10.2 Å². The Bertz CT molecular complexity index is 854. The fourth-order valence-electron chi connectivity index (χ4n) is 2.67. The number of amides is 1. The van der Waals surface area contributed by atoms with Gasteiger partial charge in [0.05, 0.1) is 23.8 Å². The third kappa shape index (κ3) is 3.77. The first kappa shape index (κ1) is 17.7. The van der Waals surface area contributed by atoms with Gasteiger partial charge in [0, 0.05) is 30.8 Å². The molecule has 26 heavy (non-hydrogen) atoms. The van der Waals surface area contributed by atoms with Crippen molar-refractivity contribution in [2.24, 2.45) is 0 Å². The summed E-state index contributed by atoms with van der Waals surface area (Å²) in [5.74, 6) is -2.29. The summed E-state index contributed by atoms with van der Waals surface area (Å²) >= 11 is 0. The minimum atomic E-state index is -0.806. The molecule has 1 amide bonds. The molecule has 1 saturated heterocycles. The zero-order valence-electron chi connectivity index (χ0n) is 13.6. The van der Waals surface area contributed by atoms with Gasteiger partial charge in [-0.05, 0) is 24.3 Å². The summed E-state index contributed by atoms with van der Waals surface area (Å²) in [6.07, 6.45) is 0. The lowest BCUT2D eigenvalue weighted by Gasteiger charge is -2.28. The van der Waals surface area contributed by atoms with Crippen molar-refractivity contribution in [3.8, 4) is 0 Å². The van der Waals surface area contributed by atoms with Crippen molar-refractivity contribution in [1.82, 2.24) is 0 Å². The standard InChI is InChI=1S/C17H15F2N3O4/c18-12-2-3-13(19)14(10-12)20-17(23)11-1-4-15(16(9-11)22(24)25)21-5-7-26-8-6-21/h1-4,9-10H,5-8H2,(H,20,23). The van der Waals surface area contributed by atoms with Gasteiger partial charge in [-0.15, -0.1) is 0 Å². The number of nitro groups is 1. The van der Waals surface area contributed by atoms with E-state index in [-0.39, 0.29) is 16.9 Å². The van der Waals surface area contributed by atoms with E-state index >= 15 is 0 Å². The SMILES string of the molecule is O=C(Nc1cc(F)ccc1F)c1ccc(N2CCOCC2)c([N+](=O)[O-])c1. The fourth-order valence-corrected chi connectivity index (χ4v) is 2.67. The van der Waals surface area contributed by atoms with Crippen molar-refractivity contribution in [3.63, 3.8) is 0 Å². The van der Waals surface area contributed by atoms with Crippen LogP contribution in [0.1, 0.15) is 10.4 Å². The zero-order chi connectivity index (χ0) is 18.7. The highest BCUT2D eigenvalue weighted by Crippen LogP contribution is 2.30. The summed E-state index contributed by atoms with van der Waals surface area (Å²) in [7, 11) is 0. The van der Waals surface area contributed by atoms with E-state index in [1.54, 1.807) is 4.90 Å². The van der Waals surface area contributed by atoms with Gasteiger partial charge in [-0.3, -0.25) is 14.9 Å². The summed E-state index contributed by atoms with van der Waals surface area (Å²) in [6.45, 7) is 1.91. The summed E-state index contributed by atoms with van der Waals surface area (Å²) in [5, 5.41) is 13.6. The minimum Gasteiger partial charge on any atom is -0.378 e. The smallest absolute Gasteiger partial charge is 0.293 e. The van der Waals surface area contributed by atoms with Crippen molar-refractivity contribution in [2.45, 2.75) is 0 Å². The number of carbonyl (C=O) groups is 1. The molecular formula is C17H15F2N3O4. The maximum Gasteiger partial charge on any atom is 0.293 e. The van der Waals surface area contributed by atoms with Crippen LogP contribution in [0.3, 0.4) is 0 Å². The molecule has 1 heterocycles. The van der Waals surface area contributed by atoms with Crippen LogP contribution in [0.15, 0.2) is 36.4 Å². The van der Waals surface area contributed by atoms with E-state index in [2.05, 4.69) is 5.32 Å². The van der Waals surface area contributed by atoms with Crippen LogP contribution in [0, 0.1) is 21.7 Å². The quantitative estimate of drug-likeness (QED) is 0.667. The van der Waals surface area contributed by atoms with Crippen molar-refractivity contribution in [1.29, 1.82) is 0 Å². The Morgan fingerprint density at radius 2 is 1.88 bits per heavy atom. The van der Waals surface area contributed by atoms with Crippen LogP contribution in [-0.2, 0) is 4.74 Å². The van der Waals surface area contributed by atoms with Crippen LogP contribution in [0.4, 0.5) is 25.8 Å². The van der Waals surface area contributed by atoms with Crippen LogP contribution in [-0.4, -0.2) is 37.1 Å². The predicted molar refractivity (Wildman–Crippen MR) is 90.4 cm³/mol. The van der Waals surface area contributed by atoms with Crippen LogP contribution in [0.25, 0.3) is 0 Å². The number of benzene rings is 2. The van der Waals surface area contributed by atoms with Gasteiger partial charge < -0.3 is 15.0 Å². The first-order valence-corrected chi connectivity index (χ1v) is 7.83. The number of hydrogen-bond acceptors (Lipinski definition) is 5. The molecule has 0 radical (unpaired) electrons. The van der Waals surface area contributed by atoms with Crippen LogP contribution >= 0.6 is 0 Å². The highest BCUT2D eigenvalue weighted by molar-refractivity contribution is 6.05. The molecule has 9 heteroatoms. The monoisotopic (exact) mass is 363 g/mol. The number of carbonyl (C=O) groups excluding carboxylic acids is 1. The van der Waals surface area contributed by atoms with Crippen molar-refractivity contribution >= 4 is 23.0 Å². The zero-order valence-corrected chi connectivity index (χ0v) is 13.6. The molecule has 0 aliphatic carbocycles. The summed E-state index contributed by atoms with van der Waals surface area (Å²) in [5.41, 5.74) is -0.224. The van der Waals surface area contributed by atoms with Gasteiger partial charge in [0.2, 0.25) is 0 Å². The van der Waals surface area contributed by atoms with Crippen LogP contribution in [0.5, 0.6) is 0 Å². The number of nitrogens with one attached hydrogen (secondary N) is 1. The number of nitrogens with zero attached hydrogens (tertiary/aromatic N) is 2. The van der Waals surface area contributed by atoms with E-state index in [1.165, 1.54) is 12.1 Å². The van der Waals surface area contributed by atoms with Gasteiger partial charge in [-0.1, -0.05) is 0 Å². The molecule has 0 aromatic heterocycles. The molecule has 1 aliphatic rings. The van der Waals surface area contributed by atoms with Crippen molar-refractivity contribution < 1.29 is 23.2 Å². The molecule has 7 nitrogen and oxygen atoms in total. The predicted octanol–water partition coefficient (Wildman–Crippen LogP) is 2.96. The maximum atomic E-state index is 13.7. The number of morpholine rings is 1. The summed E-state index contributed by atoms with van der Waals surface area (Å²) < 4.78 is 32.1. The summed E-state index contributed by atoms with van der Waals surface area (Å²) in [4.78, 5) is 24.9. The average molecular weight is 363 g/mol. The third-order valence-electron chi connectivity index (χ3n) is 3.96. The lowest BCUT2D eigenvalue weighted by Crippen LogP contribution is -2.36. The van der Waals surface area contributed by atoms with Gasteiger partial charge >= 0.3 is 0 Å². The lowest BCUT2D eigenvalue weighted by atomic mass is 10.1. The molecule has 0 unspecified atom stereocenters. The topological polar surface area (TPSA) is 84.7 Å². The second-order valence-electron chi connectivity index (χ2n) is 5.64. The molecule has 2 aromatic rings. The average Bonchev–Trinajstić information content (AvgIpc) is 2.65. The molecule has 2 aromatic carbocycles. The Labute approximate surface area is 147 Å². The molecule has 0 bridgehead atoms. The van der Waals surface area contributed by atoms with Gasteiger partial charge in [0.15, 0.2) is 0 Å². The van der Waals surface area contributed by atoms with E-state index in [9.17, 15) is 23.7 Å². The first-order chi connectivity index (χ1) is 12.5. The van der Waals surface area contributed by atoms with Gasteiger partial charge in [-0.2, -0.15) is 0 Å². The Morgan fingerprint density at radius 3 is 2.58 bits per heavy atom. The highest BCUT2D eigenvalue weighted by Gasteiger charge is 2.23. The molecule has 0 saturated carbocycles. The van der Waals surface area contributed by atoms with Crippen molar-refractivity contribution in [3.05, 3.63) is 63.7 Å². The molecule has 3 rings (SSSR count). The third-order valence-corrected chi connectivity index (χ3v) is 3.96. The molecule has 0 atom stereocenters. The molecule has 0 spiro atoms. The molecule has 136 valence electrons. The number of rotatable bonds is 4. The number of nitro benzene ring substituents is 1. The molecule has 1 fully saturated rings. The van der Waals surface area contributed by atoms with Crippen LogP contribution in [0.2, 0.25) is 0 Å². The number of ether oxygens (including phenoxy) is 1. The number of halogens is 2. The van der Waals surface area contributed by atoms with E-state index < -0.39 is 22.5 Å². The Morgan fingerprint density at radius 1 is 1.15 bits per heavy atom. The minimum absolute atomic E-state index is 0.0302. The van der Waals surface area contributed by atoms with E-state index in [0.717, 1.165) is 24.3 Å². The van der Waals surface area contributed by atoms with E-state index in [1.807, 2.05) is 0 Å². The van der Waals surface area contributed by atoms with Gasteiger partial charge in [0.1, 0.15) is 17.3 Å². The maximum absolute atomic E-state index is 13.7. The normalized spacial score (nSPS) is 14.2. The number of anilines is 2. The molecule has 1 N–H and O–H groups in total. The number of hydrogen-bond donors (Lipinski definition) is 1. The fraction of sp³-hybridized carbons (Fsp3) is 0.235. The van der Waals surface area contributed by atoms with Gasteiger partial charge in [-0.25, -0.2) is 8.78 Å². The second kappa shape index (κ2) is 7.44. The largest absolute Gasteiger partial charge is 0.378 e. The Balaban J connectivity index is 1.88. The van der Waals surface area contributed by atoms with Crippen molar-refractivity contribution in [2.75, 3.05) is 36.5 Å². The second-order valence-corrected chi connectivity index (χ2v) is 5.64. The lowest BCUT2D eigenvalue weighted by molar-refractivity contribution is -0.384. The first-order valence-electron chi connectivity index (χ1n) is 7.83. The van der Waals surface area contributed by atoms with E-state index in [4.69, 9.17) is 4.74 Å². The Kier molecular flexibility index (Phi) is 5.08. The molecule has 1 aliphatic heterocycles. The van der Waals surface area contributed by atoms with Gasteiger partial charge in [0.25, 0.3) is 11.6 Å². The Hall–Kier alpha value is -3.07. The molecular weight excluding hydrogens is 348 g/mol. The van der Waals surface area contributed by atoms with E-state index in [0.29, 0.717) is 32.0 Å².